The molecule has 1 amide bonds. The molecule has 0 saturated carbocycles. The third-order valence-corrected chi connectivity index (χ3v) is 3.57. The van der Waals surface area contributed by atoms with Gasteiger partial charge in [-0.3, -0.25) is 14.9 Å². The molecule has 1 heterocycles. The molecule has 8 heteroatoms. The van der Waals surface area contributed by atoms with E-state index >= 15 is 0 Å². The number of anilines is 1. The molecule has 7 nitrogen and oxygen atoms in total. The number of aromatic nitrogens is 1. The first-order valence-corrected chi connectivity index (χ1v) is 8.12. The molecule has 3 aromatic rings. The van der Waals surface area contributed by atoms with Crippen molar-refractivity contribution in [1.29, 1.82) is 0 Å². The summed E-state index contributed by atoms with van der Waals surface area (Å²) in [5, 5.41) is 13.2. The third-order valence-electron chi connectivity index (χ3n) is 3.57. The first-order chi connectivity index (χ1) is 13.5. The highest BCUT2D eigenvalue weighted by Gasteiger charge is 2.04. The lowest BCUT2D eigenvalue weighted by Crippen LogP contribution is -2.08. The fraction of sp³-hybridized carbons (Fsp3) is 0. The summed E-state index contributed by atoms with van der Waals surface area (Å²) in [6, 6.07) is 14.6. The summed E-state index contributed by atoms with van der Waals surface area (Å²) >= 11 is 0. The van der Waals surface area contributed by atoms with Crippen molar-refractivity contribution in [2.75, 3.05) is 5.32 Å². The lowest BCUT2D eigenvalue weighted by atomic mass is 10.2. The maximum atomic E-state index is 12.9. The second-order valence-electron chi connectivity index (χ2n) is 5.61. The van der Waals surface area contributed by atoms with Gasteiger partial charge in [-0.1, -0.05) is 0 Å². The van der Waals surface area contributed by atoms with Gasteiger partial charge >= 0.3 is 0 Å². The van der Waals surface area contributed by atoms with Crippen LogP contribution in [-0.2, 0) is 4.79 Å². The van der Waals surface area contributed by atoms with Crippen molar-refractivity contribution in [2.24, 2.45) is 0 Å². The Bertz CT molecular complexity index is 1000. The molecule has 1 aromatic heterocycles. The fourth-order valence-corrected chi connectivity index (χ4v) is 2.20. The van der Waals surface area contributed by atoms with Crippen LogP contribution < -0.4 is 10.1 Å². The van der Waals surface area contributed by atoms with E-state index in [9.17, 15) is 19.3 Å². The molecular weight excluding hydrogens is 365 g/mol. The number of nitro groups is 1. The molecule has 0 aliphatic carbocycles. The molecule has 0 radical (unpaired) electrons. The van der Waals surface area contributed by atoms with Crippen molar-refractivity contribution in [3.8, 4) is 11.5 Å². The van der Waals surface area contributed by atoms with Crippen LogP contribution in [0.3, 0.4) is 0 Å². The summed E-state index contributed by atoms with van der Waals surface area (Å²) in [5.41, 5.74) is 0.630. The number of hydrogen-bond donors (Lipinski definition) is 1. The Morgan fingerprint density at radius 2 is 1.71 bits per heavy atom. The van der Waals surface area contributed by atoms with E-state index in [4.69, 9.17) is 4.74 Å². The molecule has 0 fully saturated rings. The fourth-order valence-electron chi connectivity index (χ4n) is 2.20. The molecule has 0 spiro atoms. The minimum Gasteiger partial charge on any atom is -0.456 e. The Labute approximate surface area is 159 Å². The van der Waals surface area contributed by atoms with Crippen LogP contribution in [0.15, 0.2) is 72.9 Å². The summed E-state index contributed by atoms with van der Waals surface area (Å²) in [4.78, 5) is 26.2. The smallest absolute Gasteiger partial charge is 0.269 e. The van der Waals surface area contributed by atoms with Gasteiger partial charge in [-0.2, -0.15) is 0 Å². The van der Waals surface area contributed by atoms with E-state index in [0.717, 1.165) is 0 Å². The van der Waals surface area contributed by atoms with Gasteiger partial charge in [0.1, 0.15) is 23.1 Å². The number of rotatable bonds is 6. The molecular formula is C20H14FN3O4. The maximum absolute atomic E-state index is 12.9. The minimum atomic E-state index is -0.491. The van der Waals surface area contributed by atoms with E-state index in [1.54, 1.807) is 24.3 Å². The van der Waals surface area contributed by atoms with E-state index in [-0.39, 0.29) is 11.5 Å². The molecule has 3 rings (SSSR count). The Balaban J connectivity index is 1.56. The highest BCUT2D eigenvalue weighted by atomic mass is 19.1. The van der Waals surface area contributed by atoms with Gasteiger partial charge in [0, 0.05) is 18.2 Å². The summed E-state index contributed by atoms with van der Waals surface area (Å²) in [6.45, 7) is 0. The van der Waals surface area contributed by atoms with Crippen LogP contribution in [-0.4, -0.2) is 15.8 Å². The first-order valence-electron chi connectivity index (χ1n) is 8.12. The lowest BCUT2D eigenvalue weighted by Gasteiger charge is -2.06. The van der Waals surface area contributed by atoms with Crippen molar-refractivity contribution in [3.05, 3.63) is 94.4 Å². The number of nitro benzene ring substituents is 1. The monoisotopic (exact) mass is 379 g/mol. The predicted molar refractivity (Wildman–Crippen MR) is 101 cm³/mol. The number of hydrogen-bond acceptors (Lipinski definition) is 5. The van der Waals surface area contributed by atoms with Gasteiger partial charge < -0.3 is 10.1 Å². The van der Waals surface area contributed by atoms with Crippen LogP contribution in [0, 0.1) is 15.9 Å². The average molecular weight is 379 g/mol. The maximum Gasteiger partial charge on any atom is 0.269 e. The third kappa shape index (κ3) is 5.21. The Morgan fingerprint density at radius 3 is 2.32 bits per heavy atom. The van der Waals surface area contributed by atoms with Gasteiger partial charge in [0.2, 0.25) is 5.91 Å². The SMILES string of the molecule is O=C(C=Cc1ccc([N+](=O)[O-])cc1)Nc1ccc(Oc2ccc(F)cc2)cn1. The summed E-state index contributed by atoms with van der Waals surface area (Å²) in [5.74, 6) is 0.463. The van der Waals surface area contributed by atoms with Crippen LogP contribution in [0.25, 0.3) is 6.08 Å². The van der Waals surface area contributed by atoms with E-state index in [2.05, 4.69) is 10.3 Å². The van der Waals surface area contributed by atoms with Crippen molar-refractivity contribution in [3.63, 3.8) is 0 Å². The summed E-state index contributed by atoms with van der Waals surface area (Å²) in [7, 11) is 0. The highest BCUT2D eigenvalue weighted by Crippen LogP contribution is 2.21. The van der Waals surface area contributed by atoms with Crippen molar-refractivity contribution in [1.82, 2.24) is 4.98 Å². The standard InChI is InChI=1S/C20H14FN3O4/c21-15-4-8-17(9-5-15)28-18-10-11-19(22-13-18)23-20(25)12-3-14-1-6-16(7-2-14)24(26)27/h1-13H,(H,22,23,25). The number of ether oxygens (including phenoxy) is 1. The second kappa shape index (κ2) is 8.54. The minimum absolute atomic E-state index is 0.0197. The summed E-state index contributed by atoms with van der Waals surface area (Å²) in [6.07, 6.45) is 4.26. The predicted octanol–water partition coefficient (Wildman–Crippen LogP) is 4.57. The van der Waals surface area contributed by atoms with E-state index in [0.29, 0.717) is 22.9 Å². The Morgan fingerprint density at radius 1 is 1.04 bits per heavy atom. The number of halogens is 1. The van der Waals surface area contributed by atoms with Gasteiger partial charge in [0.15, 0.2) is 0 Å². The molecule has 0 bridgehead atoms. The molecule has 0 unspecified atom stereocenters. The van der Waals surface area contributed by atoms with Crippen molar-refractivity contribution >= 4 is 23.5 Å². The second-order valence-corrected chi connectivity index (χ2v) is 5.61. The molecule has 28 heavy (non-hydrogen) atoms. The normalized spacial score (nSPS) is 10.6. The van der Waals surface area contributed by atoms with Gasteiger partial charge in [-0.05, 0) is 60.2 Å². The van der Waals surface area contributed by atoms with E-state index < -0.39 is 10.8 Å². The van der Waals surface area contributed by atoms with Crippen LogP contribution in [0.2, 0.25) is 0 Å². The molecule has 0 saturated heterocycles. The Hall–Kier alpha value is -4.07. The zero-order valence-corrected chi connectivity index (χ0v) is 14.4. The molecule has 140 valence electrons. The van der Waals surface area contributed by atoms with Crippen LogP contribution >= 0.6 is 0 Å². The van der Waals surface area contributed by atoms with Crippen LogP contribution in [0.4, 0.5) is 15.9 Å². The topological polar surface area (TPSA) is 94.4 Å². The van der Waals surface area contributed by atoms with Crippen molar-refractivity contribution < 1.29 is 18.8 Å². The molecule has 2 aromatic carbocycles. The number of amides is 1. The number of nitrogens with zero attached hydrogens (tertiary/aromatic N) is 2. The van der Waals surface area contributed by atoms with Gasteiger partial charge in [-0.15, -0.1) is 0 Å². The number of carbonyl (C=O) groups excluding carboxylic acids is 1. The zero-order chi connectivity index (χ0) is 19.9. The molecule has 0 aliphatic rings. The number of non-ortho nitro benzene ring substituents is 1. The number of pyridine rings is 1. The van der Waals surface area contributed by atoms with Gasteiger partial charge in [0.25, 0.3) is 5.69 Å². The number of benzene rings is 2. The lowest BCUT2D eigenvalue weighted by molar-refractivity contribution is -0.384. The largest absolute Gasteiger partial charge is 0.456 e. The van der Waals surface area contributed by atoms with E-state index in [1.165, 1.54) is 54.7 Å². The number of nitrogens with one attached hydrogen (secondary N) is 1. The van der Waals surface area contributed by atoms with Crippen molar-refractivity contribution in [2.45, 2.75) is 0 Å². The average Bonchev–Trinajstić information content (AvgIpc) is 2.70. The number of carbonyl (C=O) groups is 1. The highest BCUT2D eigenvalue weighted by molar-refractivity contribution is 6.01. The summed E-state index contributed by atoms with van der Waals surface area (Å²) < 4.78 is 18.4. The van der Waals surface area contributed by atoms with E-state index in [1.807, 2.05) is 0 Å². The molecule has 1 N–H and O–H groups in total. The van der Waals surface area contributed by atoms with Gasteiger partial charge in [-0.25, -0.2) is 9.37 Å². The molecule has 0 aliphatic heterocycles. The van der Waals surface area contributed by atoms with Crippen LogP contribution in [0.5, 0.6) is 11.5 Å². The van der Waals surface area contributed by atoms with Gasteiger partial charge in [0.05, 0.1) is 11.1 Å². The molecule has 0 atom stereocenters. The first kappa shape index (κ1) is 18.7. The van der Waals surface area contributed by atoms with Crippen LogP contribution in [0.1, 0.15) is 5.56 Å². The quantitative estimate of drug-likeness (QED) is 0.384. The zero-order valence-electron chi connectivity index (χ0n) is 14.4. The Kier molecular flexibility index (Phi) is 5.71.